The van der Waals surface area contributed by atoms with E-state index in [2.05, 4.69) is 12.2 Å². The van der Waals surface area contributed by atoms with Crippen molar-refractivity contribution in [1.82, 2.24) is 5.32 Å². The summed E-state index contributed by atoms with van der Waals surface area (Å²) in [4.78, 5) is 0. The summed E-state index contributed by atoms with van der Waals surface area (Å²) in [6.45, 7) is 4.30. The number of hydrogen-bond donors (Lipinski definition) is 1. The van der Waals surface area contributed by atoms with Crippen LogP contribution in [-0.2, 0) is 4.18 Å². The molecule has 1 fully saturated rings. The maximum Gasteiger partial charge on any atom is 0.112 e. The lowest BCUT2D eigenvalue weighted by atomic mass is 10.7. The molecule has 2 nitrogen and oxygen atoms in total. The van der Waals surface area contributed by atoms with Gasteiger partial charge < -0.3 is 0 Å². The van der Waals surface area contributed by atoms with Crippen LogP contribution in [-0.4, -0.2) is 12.1 Å². The van der Waals surface area contributed by atoms with Crippen LogP contribution in [0, 0.1) is 6.92 Å². The van der Waals surface area contributed by atoms with E-state index in [0.29, 0.717) is 6.73 Å². The second-order valence-electron chi connectivity index (χ2n) is 1.05. The van der Waals surface area contributed by atoms with E-state index in [4.69, 9.17) is 4.18 Å². The van der Waals surface area contributed by atoms with Crippen molar-refractivity contribution in [2.75, 3.05) is 6.73 Å². The topological polar surface area (TPSA) is 21.3 Å². The lowest BCUT2D eigenvalue weighted by Crippen LogP contribution is -2.14. The molecule has 35 valence electrons. The molecule has 6 heavy (non-hydrogen) atoms. The molecule has 0 aromatic carbocycles. The summed E-state index contributed by atoms with van der Waals surface area (Å²) < 4.78 is 4.80. The fourth-order valence-corrected chi connectivity index (χ4v) is 0.714. The molecule has 1 unspecified atom stereocenters. The van der Waals surface area contributed by atoms with Crippen molar-refractivity contribution in [2.24, 2.45) is 0 Å². The van der Waals surface area contributed by atoms with Gasteiger partial charge >= 0.3 is 0 Å². The van der Waals surface area contributed by atoms with Crippen LogP contribution >= 0.6 is 12.0 Å². The van der Waals surface area contributed by atoms with E-state index in [-0.39, 0.29) is 5.37 Å². The van der Waals surface area contributed by atoms with Crippen molar-refractivity contribution in [1.29, 1.82) is 0 Å². The van der Waals surface area contributed by atoms with Crippen LogP contribution in [0.3, 0.4) is 0 Å². The van der Waals surface area contributed by atoms with Crippen LogP contribution in [0.1, 0.15) is 0 Å². The van der Waals surface area contributed by atoms with Gasteiger partial charge in [0, 0.05) is 12.0 Å². The minimum absolute atomic E-state index is 0.241. The Bertz CT molecular complexity index is 44.1. The molecule has 1 rings (SSSR count). The number of nitrogens with one attached hydrogen (secondary N) is 1. The van der Waals surface area contributed by atoms with Crippen molar-refractivity contribution < 1.29 is 4.18 Å². The quantitative estimate of drug-likeness (QED) is 0.449. The monoisotopic (exact) mass is 104 g/mol. The van der Waals surface area contributed by atoms with E-state index in [9.17, 15) is 0 Å². The highest BCUT2D eigenvalue weighted by molar-refractivity contribution is 7.95. The molecule has 0 amide bonds. The van der Waals surface area contributed by atoms with Gasteiger partial charge in [0.25, 0.3) is 0 Å². The summed E-state index contributed by atoms with van der Waals surface area (Å²) in [5.41, 5.74) is 0. The molecule has 1 atom stereocenters. The summed E-state index contributed by atoms with van der Waals surface area (Å²) in [5, 5.41) is 3.19. The summed E-state index contributed by atoms with van der Waals surface area (Å²) in [6.07, 6.45) is 0. The highest BCUT2D eigenvalue weighted by Gasteiger charge is 2.07. The van der Waals surface area contributed by atoms with E-state index in [0.717, 1.165) is 0 Å². The molecule has 1 radical (unpaired) electrons. The van der Waals surface area contributed by atoms with E-state index in [1.807, 2.05) is 0 Å². The van der Waals surface area contributed by atoms with Crippen LogP contribution in [0.15, 0.2) is 0 Å². The highest BCUT2D eigenvalue weighted by Crippen LogP contribution is 2.12. The van der Waals surface area contributed by atoms with Gasteiger partial charge in [-0.05, 0) is 6.92 Å². The van der Waals surface area contributed by atoms with Crippen LogP contribution in [0.25, 0.3) is 0 Å². The second kappa shape index (κ2) is 1.82. The SMILES string of the molecule is [CH2]C1NCOS1. The molecule has 1 aliphatic rings. The Hall–Kier alpha value is 0.270. The van der Waals surface area contributed by atoms with Crippen molar-refractivity contribution in [3.63, 3.8) is 0 Å². The fraction of sp³-hybridized carbons (Fsp3) is 0.667. The Morgan fingerprint density at radius 2 is 2.83 bits per heavy atom. The average molecular weight is 104 g/mol. The minimum Gasteiger partial charge on any atom is -0.298 e. The molecule has 0 bridgehead atoms. The molecule has 1 saturated heterocycles. The van der Waals surface area contributed by atoms with Crippen LogP contribution in [0.2, 0.25) is 0 Å². The average Bonchev–Trinajstić information content (AvgIpc) is 1.86. The normalized spacial score (nSPS) is 34.5. The molecule has 3 heteroatoms. The summed E-state index contributed by atoms with van der Waals surface area (Å²) in [6, 6.07) is 0. The Morgan fingerprint density at radius 1 is 2.00 bits per heavy atom. The van der Waals surface area contributed by atoms with Crippen LogP contribution in [0.5, 0.6) is 0 Å². The van der Waals surface area contributed by atoms with E-state index in [1.165, 1.54) is 12.0 Å². The number of hydrogen-bond acceptors (Lipinski definition) is 3. The van der Waals surface area contributed by atoms with Gasteiger partial charge in [0.1, 0.15) is 6.73 Å². The smallest absolute Gasteiger partial charge is 0.112 e. The Morgan fingerprint density at radius 3 is 3.00 bits per heavy atom. The molecule has 0 aliphatic carbocycles. The van der Waals surface area contributed by atoms with Gasteiger partial charge in [-0.2, -0.15) is 0 Å². The lowest BCUT2D eigenvalue weighted by molar-refractivity contribution is 0.374. The van der Waals surface area contributed by atoms with Crippen molar-refractivity contribution >= 4 is 12.0 Å². The molecule has 1 N–H and O–H groups in total. The fourth-order valence-electron chi connectivity index (χ4n) is 0.277. The molecule has 0 saturated carbocycles. The van der Waals surface area contributed by atoms with Gasteiger partial charge in [-0.3, -0.25) is 9.50 Å². The maximum absolute atomic E-state index is 4.80. The molecule has 0 aromatic rings. The van der Waals surface area contributed by atoms with Crippen LogP contribution < -0.4 is 5.32 Å². The van der Waals surface area contributed by atoms with E-state index >= 15 is 0 Å². The highest BCUT2D eigenvalue weighted by atomic mass is 32.2. The molecule has 0 spiro atoms. The predicted octanol–water partition coefficient (Wildman–Crippen LogP) is 0.372. The Kier molecular flexibility index (Phi) is 1.34. The molecular formula is C3H6NOS. The third-order valence-corrected chi connectivity index (χ3v) is 1.21. The number of rotatable bonds is 0. The standard InChI is InChI=1S/C3H6NOS/c1-3-4-2-5-6-3/h3-4H,1-2H2. The zero-order valence-electron chi connectivity index (χ0n) is 3.31. The summed E-state index contributed by atoms with van der Waals surface area (Å²) in [7, 11) is 0. The summed E-state index contributed by atoms with van der Waals surface area (Å²) in [5.74, 6) is 0. The third kappa shape index (κ3) is 0.864. The third-order valence-electron chi connectivity index (χ3n) is 0.554. The molecule has 0 aromatic heterocycles. The van der Waals surface area contributed by atoms with Crippen LogP contribution in [0.4, 0.5) is 0 Å². The largest absolute Gasteiger partial charge is 0.298 e. The van der Waals surface area contributed by atoms with Crippen molar-refractivity contribution in [2.45, 2.75) is 5.37 Å². The Balaban J connectivity index is 2.18. The first-order valence-corrected chi connectivity index (χ1v) is 2.55. The van der Waals surface area contributed by atoms with Gasteiger partial charge in [0.15, 0.2) is 0 Å². The van der Waals surface area contributed by atoms with E-state index < -0.39 is 0 Å². The van der Waals surface area contributed by atoms with Crippen molar-refractivity contribution in [3.8, 4) is 0 Å². The maximum atomic E-state index is 4.80. The molecule has 1 aliphatic heterocycles. The van der Waals surface area contributed by atoms with E-state index in [1.54, 1.807) is 0 Å². The Labute approximate surface area is 41.5 Å². The van der Waals surface area contributed by atoms with Gasteiger partial charge in [-0.25, -0.2) is 0 Å². The first-order valence-electron chi connectivity index (χ1n) is 1.74. The first-order chi connectivity index (χ1) is 2.89. The lowest BCUT2D eigenvalue weighted by Gasteiger charge is -1.89. The molecule has 1 heterocycles. The zero-order valence-corrected chi connectivity index (χ0v) is 4.12. The van der Waals surface area contributed by atoms with Gasteiger partial charge in [0.2, 0.25) is 0 Å². The zero-order chi connectivity index (χ0) is 4.41. The second-order valence-corrected chi connectivity index (χ2v) is 2.05. The predicted molar refractivity (Wildman–Crippen MR) is 25.8 cm³/mol. The van der Waals surface area contributed by atoms with Gasteiger partial charge in [-0.15, -0.1) is 0 Å². The minimum atomic E-state index is 0.241. The first kappa shape index (κ1) is 4.43. The van der Waals surface area contributed by atoms with Gasteiger partial charge in [-0.1, -0.05) is 0 Å². The molecular weight excluding hydrogens is 98.1 g/mol. The van der Waals surface area contributed by atoms with Crippen molar-refractivity contribution in [3.05, 3.63) is 6.92 Å². The van der Waals surface area contributed by atoms with Gasteiger partial charge in [0.05, 0.1) is 5.37 Å². The summed E-state index contributed by atoms with van der Waals surface area (Å²) >= 11 is 1.38.